The Morgan fingerprint density at radius 1 is 0.500 bits per heavy atom. The lowest BCUT2D eigenvalue weighted by atomic mass is 9.43. The van der Waals surface area contributed by atoms with Crippen LogP contribution in [-0.2, 0) is 288 Å². The van der Waals surface area contributed by atoms with Crippen LogP contribution in [0.5, 0.6) is 0 Å². The number of carboxylic acids is 1. The Hall–Kier alpha value is 1.48. The highest BCUT2D eigenvalue weighted by Crippen LogP contribution is 2.74. The van der Waals surface area contributed by atoms with Crippen molar-refractivity contribution in [3.05, 3.63) is 133 Å². The molecule has 4 bridgehead atoms. The summed E-state index contributed by atoms with van der Waals surface area (Å²) < 4.78 is 39.4. The van der Waals surface area contributed by atoms with Crippen LogP contribution in [0.2, 0.25) is 0 Å². The van der Waals surface area contributed by atoms with Crippen LogP contribution >= 0.6 is 0 Å². The van der Waals surface area contributed by atoms with E-state index < -0.39 is 69.8 Å². The van der Waals surface area contributed by atoms with E-state index >= 15 is 0 Å². The van der Waals surface area contributed by atoms with Crippen molar-refractivity contribution >= 4 is 257 Å². The number of aliphatic hydroxyl groups is 3. The number of carbonyl (C=O) groups is 2. The van der Waals surface area contributed by atoms with E-state index in [1.165, 1.54) is 62.2 Å². The van der Waals surface area contributed by atoms with Gasteiger partial charge in [0.15, 0.2) is 11.6 Å². The van der Waals surface area contributed by atoms with Crippen LogP contribution in [-0.4, -0.2) is 101 Å². The Morgan fingerprint density at radius 3 is 1.14 bits per heavy atom. The molecule has 6 saturated carbocycles. The summed E-state index contributed by atoms with van der Waals surface area (Å²) in [7, 11) is 31.1. The monoisotopic (exact) mass is 1930 g/mol. The van der Waals surface area contributed by atoms with Crippen molar-refractivity contribution < 1.29 is 58.4 Å². The Balaban J connectivity index is 0.000000255. The van der Waals surface area contributed by atoms with Gasteiger partial charge >= 0.3 is 11.9 Å². The molecule has 3 aromatic rings. The van der Waals surface area contributed by atoms with E-state index in [9.17, 15) is 24.9 Å². The second-order valence-corrected chi connectivity index (χ2v) is 63.3. The van der Waals surface area contributed by atoms with Crippen LogP contribution in [0, 0.1) is 68.0 Å². The number of benzene rings is 3. The second kappa shape index (κ2) is 46.6. The third-order valence-electron chi connectivity index (χ3n) is 23.6. The SMILES string of the molecule is C=C[C@@]1(C)C[C@@H](O)[C@@]2(C)C3C4(CC[C@]3(CC[C@H]2C)[C@@H](C)[C@@H]1O)OCCO4.C=C[C@@]1(C)C[C@@H](OC(=O)COC(c2ccccc2)(c2ccccc2)c2ccccc2)[C@@]2(C)C3C4(CC[C@]3(CC[C@H]2C)[C@@H](C)[C@@H]1O)OCCO4.CCC(=O)O.S=S=S=S=S.S=S=S=S=S=S=S=S=S=S.S=S=S=S=S=S=S=S=S=S=S. The standard InChI is InChI=1S/C43H52O6.C22H36O4.C3H6O2.S11.S10.S5/c1-6-39(4)28-35(40(5)30(2)22-23-41(31(3)37(39)45)24-25-42(38(40)41)46-26-27-47-42)49-36(44)29-48-43(32-16-10-7-11-17-32,33-18-12-8-13-19-33)34-20-14-9-15-21-34;1-6-19(4)13-16(23)20(5)14(2)7-8-21(15(3)17(19)24)9-10-22(18(20)21)25-11-12-26-22;1-2-3(4)5;1-3-5-7-9-11-10-8-6-4-2;1-3-5-7-9-10-8-6-4-2;1-3-5-4-2/h6-21,30-31,35,37-38,45H,1,22-29H2,2-5H3;6,14-18,23-24H,1,7-13H2,2-5H3;2H2,1H3,(H,4,5);;;/t30-,31+,35-,37+,38?,39+,40+,41-;14-,15+,16-,17+,18?,19+,20+,21-;;;;/m11..../s1. The molecule has 106 heavy (non-hydrogen) atoms. The molecule has 8 aliphatic rings. The summed E-state index contributed by atoms with van der Waals surface area (Å²) in [6.45, 7) is 29.6. The first-order valence-corrected chi connectivity index (χ1v) is 64.6. The van der Waals surface area contributed by atoms with Crippen molar-refractivity contribution in [1.82, 2.24) is 0 Å². The van der Waals surface area contributed by atoms with Gasteiger partial charge in [0, 0.05) is 297 Å². The molecule has 38 heteroatoms. The van der Waals surface area contributed by atoms with Gasteiger partial charge in [0.1, 0.15) is 18.3 Å². The maximum absolute atomic E-state index is 14.4. The first-order valence-electron chi connectivity index (χ1n) is 33.9. The summed E-state index contributed by atoms with van der Waals surface area (Å²) in [5.41, 5.74) is -0.505. The third kappa shape index (κ3) is 22.8. The maximum Gasteiger partial charge on any atom is 0.332 e. The van der Waals surface area contributed by atoms with Crippen molar-refractivity contribution in [3.8, 4) is 0 Å². The molecule has 2 spiro atoms. The minimum absolute atomic E-state index is 0.0114. The number of carbonyl (C=O) groups excluding carboxylic acids is 1. The molecule has 2 saturated heterocycles. The summed E-state index contributed by atoms with van der Waals surface area (Å²) >= 11 is 27.5. The molecule has 0 amide bonds. The Labute approximate surface area is 713 Å². The van der Waals surface area contributed by atoms with E-state index in [0.29, 0.717) is 45.2 Å². The molecule has 0 radical (unpaired) electrons. The Kier molecular flexibility index (Phi) is 42.3. The van der Waals surface area contributed by atoms with Crippen molar-refractivity contribution in [2.24, 2.45) is 68.0 Å². The number of aliphatic carboxylic acids is 1. The molecule has 2 aliphatic heterocycles. The molecular weight excluding hydrogens is 1840 g/mol. The van der Waals surface area contributed by atoms with E-state index in [0.717, 1.165) is 68.1 Å². The Bertz CT molecular complexity index is 4280. The predicted octanol–water partition coefficient (Wildman–Crippen LogP) is 12.0. The van der Waals surface area contributed by atoms with Gasteiger partial charge in [0.2, 0.25) is 0 Å². The van der Waals surface area contributed by atoms with Gasteiger partial charge in [-0.05, 0) is 103 Å². The molecule has 3 aromatic carbocycles. The fraction of sp³-hybridized carbons (Fsp3) is 0.647. The van der Waals surface area contributed by atoms with E-state index in [1.807, 2.05) is 103 Å². The zero-order chi connectivity index (χ0) is 77.9. The smallest absolute Gasteiger partial charge is 0.332 e. The number of aliphatic hydroxyl groups excluding tert-OH is 3. The molecular formula is C68H94O12S26. The summed E-state index contributed by atoms with van der Waals surface area (Å²) in [6, 6.07) is 30.2. The van der Waals surface area contributed by atoms with E-state index in [2.05, 4.69) is 136 Å². The van der Waals surface area contributed by atoms with Gasteiger partial charge in [-0.3, -0.25) is 4.79 Å². The van der Waals surface area contributed by atoms with Crippen LogP contribution in [0.15, 0.2) is 116 Å². The van der Waals surface area contributed by atoms with Crippen LogP contribution in [0.1, 0.15) is 150 Å². The second-order valence-electron chi connectivity index (χ2n) is 27.9. The lowest BCUT2D eigenvalue weighted by Gasteiger charge is -2.64. The van der Waals surface area contributed by atoms with Crippen LogP contribution in [0.4, 0.5) is 0 Å². The van der Waals surface area contributed by atoms with E-state index in [-0.39, 0.29) is 58.9 Å². The molecule has 594 valence electrons. The summed E-state index contributed by atoms with van der Waals surface area (Å²) in [5, 5.41) is 42.8. The number of hydrogen-bond acceptors (Lipinski definition) is 17. The number of carboxylic acid groups (broad SMARTS) is 1. The fourth-order valence-corrected chi connectivity index (χ4v) is 56.7. The Morgan fingerprint density at radius 2 is 0.821 bits per heavy atom. The third-order valence-corrected chi connectivity index (χ3v) is 61.4. The quantitative estimate of drug-likeness (QED) is 0.0858. The van der Waals surface area contributed by atoms with Gasteiger partial charge in [-0.15, -0.1) is 13.2 Å². The van der Waals surface area contributed by atoms with Crippen LogP contribution < -0.4 is 0 Å². The maximum atomic E-state index is 14.4. The lowest BCUT2D eigenvalue weighted by Crippen LogP contribution is -2.66. The zero-order valence-corrected chi connectivity index (χ0v) is 81.2. The van der Waals surface area contributed by atoms with Gasteiger partial charge < -0.3 is 48.8 Å². The van der Waals surface area contributed by atoms with Crippen molar-refractivity contribution in [1.29, 1.82) is 0 Å². The van der Waals surface area contributed by atoms with Crippen molar-refractivity contribution in [2.45, 2.75) is 175 Å². The highest BCUT2D eigenvalue weighted by atomic mass is 33.4. The highest BCUT2D eigenvalue weighted by Gasteiger charge is 2.75. The predicted molar refractivity (Wildman–Crippen MR) is 499 cm³/mol. The zero-order valence-electron chi connectivity index (χ0n) is 60.0. The highest BCUT2D eigenvalue weighted by molar-refractivity contribution is 8.74. The van der Waals surface area contributed by atoms with Gasteiger partial charge in [0.05, 0.1) is 44.7 Å². The molecule has 6 aliphatic carbocycles. The fourth-order valence-electron chi connectivity index (χ4n) is 18.3. The molecule has 8 fully saturated rings. The molecule has 2 heterocycles. The van der Waals surface area contributed by atoms with E-state index in [4.69, 9.17) is 33.5 Å². The molecule has 16 atom stereocenters. The number of rotatable bonds is 10. The van der Waals surface area contributed by atoms with Gasteiger partial charge in [-0.25, -0.2) is 4.79 Å². The first kappa shape index (κ1) is 96.3. The van der Waals surface area contributed by atoms with Crippen LogP contribution in [0.3, 0.4) is 0 Å². The number of ether oxygens (including phenoxy) is 6. The topological polar surface area (TPSA) is 170 Å². The molecule has 11 rings (SSSR count). The average Bonchev–Trinajstić information content (AvgIpc) is 1.48. The van der Waals surface area contributed by atoms with Gasteiger partial charge in [0.25, 0.3) is 0 Å². The molecule has 2 unspecified atom stereocenters. The molecule has 0 aromatic heterocycles. The molecule has 4 N–H and O–H groups in total. The average molecular weight is 1940 g/mol. The van der Waals surface area contributed by atoms with Crippen LogP contribution in [0.25, 0.3) is 0 Å². The number of hydrogen-bond donors (Lipinski definition) is 4. The molecule has 12 nitrogen and oxygen atoms in total. The first-order chi connectivity index (χ1) is 50.7. The normalized spacial score (nSPS) is 32.0. The summed E-state index contributed by atoms with van der Waals surface area (Å²) in [4.78, 5) is 23.8. The van der Waals surface area contributed by atoms with Gasteiger partial charge in [-0.2, -0.15) is 0 Å². The van der Waals surface area contributed by atoms with Crippen molar-refractivity contribution in [3.63, 3.8) is 0 Å². The van der Waals surface area contributed by atoms with Gasteiger partial charge in [-0.1, -0.05) is 165 Å². The lowest BCUT2D eigenvalue weighted by molar-refractivity contribution is -0.284. The number of esters is 1. The van der Waals surface area contributed by atoms with Crippen molar-refractivity contribution in [2.75, 3.05) is 33.0 Å². The van der Waals surface area contributed by atoms with E-state index in [1.54, 1.807) is 122 Å². The largest absolute Gasteiger partial charge is 0.481 e. The minimum Gasteiger partial charge on any atom is -0.481 e. The summed E-state index contributed by atoms with van der Waals surface area (Å²) in [6.07, 6.45) is 10.4. The summed E-state index contributed by atoms with van der Waals surface area (Å²) in [5.74, 6) is -1.73. The minimum atomic E-state index is -1.05.